The van der Waals surface area contributed by atoms with E-state index in [2.05, 4.69) is 16.3 Å². The van der Waals surface area contributed by atoms with Crippen molar-refractivity contribution in [1.29, 1.82) is 5.26 Å². The fourth-order valence-corrected chi connectivity index (χ4v) is 3.43. The van der Waals surface area contributed by atoms with Crippen LogP contribution < -0.4 is 14.8 Å². The van der Waals surface area contributed by atoms with E-state index in [1.807, 2.05) is 0 Å². The van der Waals surface area contributed by atoms with Crippen LogP contribution in [0.25, 0.3) is 0 Å². The number of para-hydroxylation sites is 1. The molecule has 0 spiro atoms. The van der Waals surface area contributed by atoms with Gasteiger partial charge in [0.1, 0.15) is 36.9 Å². The highest BCUT2D eigenvalue weighted by molar-refractivity contribution is 5.98. The molecule has 1 heterocycles. The number of β-amino-alcohol motifs (C(OH)–C–C–N with tert-alkyl or cyclic N) is 1. The molecule has 1 saturated heterocycles. The van der Waals surface area contributed by atoms with Gasteiger partial charge < -0.3 is 25.0 Å². The Labute approximate surface area is 185 Å². The summed E-state index contributed by atoms with van der Waals surface area (Å²) in [5.74, 6) is -0.713. The first-order chi connectivity index (χ1) is 15.4. The highest BCUT2D eigenvalue weighted by Crippen LogP contribution is 2.20. The molecule has 0 aromatic heterocycles. The van der Waals surface area contributed by atoms with E-state index in [9.17, 15) is 14.7 Å². The number of carboxylic acid groups (broad SMARTS) is 1. The molecule has 2 aromatic rings. The number of aliphatic hydroxyl groups excluding tert-OH is 1. The molecule has 0 saturated carbocycles. The Bertz CT molecular complexity index is 972. The van der Waals surface area contributed by atoms with E-state index >= 15 is 0 Å². The van der Waals surface area contributed by atoms with Gasteiger partial charge in [0.05, 0.1) is 17.2 Å². The average molecular weight is 439 g/mol. The molecule has 0 bridgehead atoms. The first kappa shape index (κ1) is 23.1. The number of carbonyl (C=O) groups excluding carboxylic acids is 1. The highest BCUT2D eigenvalue weighted by Gasteiger charge is 2.26. The van der Waals surface area contributed by atoms with Crippen LogP contribution in [0.5, 0.6) is 11.5 Å². The fraction of sp³-hybridized carbons (Fsp3) is 0.348. The van der Waals surface area contributed by atoms with Crippen LogP contribution in [0.4, 0.5) is 0 Å². The van der Waals surface area contributed by atoms with Gasteiger partial charge in [-0.3, -0.25) is 14.5 Å². The molecule has 32 heavy (non-hydrogen) atoms. The summed E-state index contributed by atoms with van der Waals surface area (Å²) in [6, 6.07) is 15.5. The van der Waals surface area contributed by atoms with Crippen molar-refractivity contribution >= 4 is 11.9 Å². The van der Waals surface area contributed by atoms with Crippen LogP contribution in [0.1, 0.15) is 22.3 Å². The average Bonchev–Trinajstić information content (AvgIpc) is 3.23. The number of amides is 1. The Morgan fingerprint density at radius 3 is 2.69 bits per heavy atom. The number of rotatable bonds is 10. The normalized spacial score (nSPS) is 16.7. The zero-order valence-electron chi connectivity index (χ0n) is 17.4. The minimum absolute atomic E-state index is 0.00490. The van der Waals surface area contributed by atoms with Crippen molar-refractivity contribution in [2.24, 2.45) is 0 Å². The molecular weight excluding hydrogens is 414 g/mol. The maximum atomic E-state index is 12.2. The predicted octanol–water partition coefficient (Wildman–Crippen LogP) is 1.27. The smallest absolute Gasteiger partial charge is 0.322 e. The molecule has 168 valence electrons. The Hall–Kier alpha value is -3.61. The number of aliphatic hydroxyl groups is 1. The summed E-state index contributed by atoms with van der Waals surface area (Å²) in [5.41, 5.74) is 0.785. The van der Waals surface area contributed by atoms with Crippen LogP contribution in [0.3, 0.4) is 0 Å². The number of nitrogens with zero attached hydrogens (tertiary/aromatic N) is 2. The number of ether oxygens (including phenoxy) is 2. The monoisotopic (exact) mass is 439 g/mol. The Balaban J connectivity index is 1.45. The molecule has 9 heteroatoms. The van der Waals surface area contributed by atoms with Gasteiger partial charge in [0.25, 0.3) is 5.91 Å². The molecule has 3 rings (SSSR count). The van der Waals surface area contributed by atoms with E-state index in [1.165, 1.54) is 6.07 Å². The Morgan fingerprint density at radius 1 is 1.22 bits per heavy atom. The lowest BCUT2D eigenvalue weighted by Crippen LogP contribution is -2.35. The third-order valence-corrected chi connectivity index (χ3v) is 4.95. The fourth-order valence-electron chi connectivity index (χ4n) is 3.43. The van der Waals surface area contributed by atoms with E-state index < -0.39 is 24.5 Å². The minimum atomic E-state index is -1.14. The Morgan fingerprint density at radius 2 is 1.97 bits per heavy atom. The molecule has 2 aromatic carbocycles. The van der Waals surface area contributed by atoms with Crippen molar-refractivity contribution < 1.29 is 29.3 Å². The quantitative estimate of drug-likeness (QED) is 0.504. The Kier molecular flexibility index (Phi) is 8.02. The van der Waals surface area contributed by atoms with Crippen molar-refractivity contribution in [3.63, 3.8) is 0 Å². The second-order valence-corrected chi connectivity index (χ2v) is 7.46. The van der Waals surface area contributed by atoms with E-state index in [-0.39, 0.29) is 24.0 Å². The molecular formula is C23H25N3O6. The number of hydrogen-bond acceptors (Lipinski definition) is 7. The van der Waals surface area contributed by atoms with E-state index in [0.717, 1.165) is 13.0 Å². The molecule has 1 aliphatic rings. The van der Waals surface area contributed by atoms with Crippen LogP contribution in [-0.2, 0) is 4.79 Å². The van der Waals surface area contributed by atoms with Crippen molar-refractivity contribution in [1.82, 2.24) is 10.2 Å². The summed E-state index contributed by atoms with van der Waals surface area (Å²) in [6.45, 7) is 1.31. The van der Waals surface area contributed by atoms with Gasteiger partial charge in [-0.05, 0) is 42.8 Å². The molecule has 2 unspecified atom stereocenters. The lowest BCUT2D eigenvalue weighted by Gasteiger charge is -2.21. The van der Waals surface area contributed by atoms with Gasteiger partial charge in [-0.25, -0.2) is 0 Å². The van der Waals surface area contributed by atoms with E-state index in [4.69, 9.17) is 19.8 Å². The van der Waals surface area contributed by atoms with Gasteiger partial charge in [0, 0.05) is 19.6 Å². The highest BCUT2D eigenvalue weighted by atomic mass is 16.5. The second kappa shape index (κ2) is 11.1. The lowest BCUT2D eigenvalue weighted by molar-refractivity contribution is -0.135. The summed E-state index contributed by atoms with van der Waals surface area (Å²) in [4.78, 5) is 24.9. The number of aliphatic carboxylic acids is 1. The van der Waals surface area contributed by atoms with Gasteiger partial charge in [-0.1, -0.05) is 12.1 Å². The number of likely N-dealkylation sites (tertiary alicyclic amines) is 1. The zero-order chi connectivity index (χ0) is 22.9. The molecule has 0 aliphatic carbocycles. The zero-order valence-corrected chi connectivity index (χ0v) is 17.4. The van der Waals surface area contributed by atoms with Crippen LogP contribution >= 0.6 is 0 Å². The van der Waals surface area contributed by atoms with Gasteiger partial charge in [-0.2, -0.15) is 5.26 Å². The number of nitrogens with one attached hydrogen (secondary N) is 1. The summed E-state index contributed by atoms with van der Waals surface area (Å²) in [5, 5.41) is 30.3. The van der Waals surface area contributed by atoms with Crippen LogP contribution in [-0.4, -0.2) is 72.0 Å². The number of hydrogen-bond donors (Lipinski definition) is 3. The number of benzene rings is 2. The standard InChI is InChI=1S/C23H25N3O6/c24-11-16-5-7-18(8-6-16)32-19-9-10-26(14-19)13-17(27)15-31-21-4-2-1-3-20(21)23(30)25-12-22(28)29/h1-8,17,19,27H,9-10,12-15H2,(H,25,30)(H,28,29). The molecule has 1 fully saturated rings. The molecule has 1 aliphatic heterocycles. The van der Waals surface area contributed by atoms with Crippen LogP contribution in [0.15, 0.2) is 48.5 Å². The number of nitriles is 1. The van der Waals surface area contributed by atoms with Crippen molar-refractivity contribution in [2.75, 3.05) is 32.8 Å². The first-order valence-electron chi connectivity index (χ1n) is 10.2. The van der Waals surface area contributed by atoms with Crippen molar-refractivity contribution in [2.45, 2.75) is 18.6 Å². The summed E-state index contributed by atoms with van der Waals surface area (Å²) < 4.78 is 11.6. The predicted molar refractivity (Wildman–Crippen MR) is 115 cm³/mol. The van der Waals surface area contributed by atoms with Gasteiger partial charge in [0.15, 0.2) is 0 Å². The van der Waals surface area contributed by atoms with Gasteiger partial charge in [0.2, 0.25) is 0 Å². The summed E-state index contributed by atoms with van der Waals surface area (Å²) >= 11 is 0. The van der Waals surface area contributed by atoms with E-state index in [1.54, 1.807) is 42.5 Å². The molecule has 3 N–H and O–H groups in total. The molecule has 2 atom stereocenters. The third-order valence-electron chi connectivity index (χ3n) is 4.95. The topological polar surface area (TPSA) is 132 Å². The third kappa shape index (κ3) is 6.70. The molecule has 1 amide bonds. The van der Waals surface area contributed by atoms with Crippen molar-refractivity contribution in [3.05, 3.63) is 59.7 Å². The number of carbonyl (C=O) groups is 2. The maximum Gasteiger partial charge on any atom is 0.322 e. The molecule has 9 nitrogen and oxygen atoms in total. The van der Waals surface area contributed by atoms with Crippen molar-refractivity contribution in [3.8, 4) is 17.6 Å². The minimum Gasteiger partial charge on any atom is -0.490 e. The second-order valence-electron chi connectivity index (χ2n) is 7.46. The van der Waals surface area contributed by atoms with Crippen LogP contribution in [0.2, 0.25) is 0 Å². The largest absolute Gasteiger partial charge is 0.490 e. The number of carboxylic acids is 1. The van der Waals surface area contributed by atoms with E-state index in [0.29, 0.717) is 24.4 Å². The lowest BCUT2D eigenvalue weighted by atomic mass is 10.2. The van der Waals surface area contributed by atoms with Crippen LogP contribution in [0, 0.1) is 11.3 Å². The SMILES string of the molecule is N#Cc1ccc(OC2CCN(CC(O)COc3ccccc3C(=O)NCC(=O)O)C2)cc1. The maximum absolute atomic E-state index is 12.2. The molecule has 0 radical (unpaired) electrons. The summed E-state index contributed by atoms with van der Waals surface area (Å²) in [7, 11) is 0. The van der Waals surface area contributed by atoms with Gasteiger partial charge in [-0.15, -0.1) is 0 Å². The summed E-state index contributed by atoms with van der Waals surface area (Å²) in [6.07, 6.45) is 0.0358. The first-order valence-corrected chi connectivity index (χ1v) is 10.2. The van der Waals surface area contributed by atoms with Gasteiger partial charge >= 0.3 is 5.97 Å².